The molecule has 0 spiro atoms. The highest BCUT2D eigenvalue weighted by atomic mass is 16.7. The first-order valence-electron chi connectivity index (χ1n) is 7.05. The standard InChI is InChI=1S/C11H17N7O4/c19-18(20)15-9-12-10(16-1-5-21-6-2-16)14-11(13-9)17-3-7-22-8-4-17/h1-8H2,(H,12,13,14,15). The highest BCUT2D eigenvalue weighted by Gasteiger charge is 2.21. The lowest BCUT2D eigenvalue weighted by atomic mass is 10.4. The number of aromatic nitrogens is 3. The lowest BCUT2D eigenvalue weighted by Crippen LogP contribution is -2.40. The van der Waals surface area contributed by atoms with Gasteiger partial charge >= 0.3 is 0 Å². The molecule has 1 aromatic rings. The number of morpholine rings is 2. The molecule has 0 bridgehead atoms. The smallest absolute Gasteiger partial charge is 0.291 e. The minimum absolute atomic E-state index is 0.0667. The van der Waals surface area contributed by atoms with Crippen LogP contribution < -0.4 is 15.2 Å². The maximum Gasteiger partial charge on any atom is 0.291 e. The van der Waals surface area contributed by atoms with E-state index < -0.39 is 5.03 Å². The molecule has 2 aliphatic heterocycles. The molecule has 0 amide bonds. The van der Waals surface area contributed by atoms with Gasteiger partial charge in [0.25, 0.3) is 5.95 Å². The maximum absolute atomic E-state index is 10.7. The van der Waals surface area contributed by atoms with E-state index in [-0.39, 0.29) is 5.95 Å². The van der Waals surface area contributed by atoms with E-state index in [1.165, 1.54) is 0 Å². The van der Waals surface area contributed by atoms with Crippen LogP contribution in [0, 0.1) is 10.1 Å². The van der Waals surface area contributed by atoms with Crippen LogP contribution in [0.1, 0.15) is 0 Å². The lowest BCUT2D eigenvalue weighted by molar-refractivity contribution is -0.446. The summed E-state index contributed by atoms with van der Waals surface area (Å²) in [5.41, 5.74) is 2.01. The van der Waals surface area contributed by atoms with Crippen LogP contribution in [0.2, 0.25) is 0 Å². The van der Waals surface area contributed by atoms with Gasteiger partial charge in [-0.25, -0.2) is 10.1 Å². The zero-order valence-corrected chi connectivity index (χ0v) is 12.0. The van der Waals surface area contributed by atoms with Crippen LogP contribution in [0.5, 0.6) is 0 Å². The molecule has 2 fully saturated rings. The van der Waals surface area contributed by atoms with Crippen molar-refractivity contribution in [2.45, 2.75) is 0 Å². The minimum Gasteiger partial charge on any atom is -0.378 e. The Balaban J connectivity index is 1.88. The molecule has 1 N–H and O–H groups in total. The summed E-state index contributed by atoms with van der Waals surface area (Å²) in [6, 6.07) is 0. The van der Waals surface area contributed by atoms with Crippen LogP contribution in [0.3, 0.4) is 0 Å². The second-order valence-corrected chi connectivity index (χ2v) is 4.83. The molecule has 1 aromatic heterocycles. The number of hydrogen-bond donors (Lipinski definition) is 1. The van der Waals surface area contributed by atoms with Gasteiger partial charge in [0.1, 0.15) is 0 Å². The van der Waals surface area contributed by atoms with Gasteiger partial charge < -0.3 is 19.3 Å². The van der Waals surface area contributed by atoms with Gasteiger partial charge in [-0.05, 0) is 0 Å². The summed E-state index contributed by atoms with van der Waals surface area (Å²) < 4.78 is 10.6. The van der Waals surface area contributed by atoms with E-state index in [1.807, 2.05) is 15.2 Å². The number of anilines is 3. The van der Waals surface area contributed by atoms with Crippen LogP contribution in [-0.4, -0.2) is 72.6 Å². The van der Waals surface area contributed by atoms with Gasteiger partial charge in [0.05, 0.1) is 26.4 Å². The quantitative estimate of drug-likeness (QED) is 0.556. The Labute approximate surface area is 126 Å². The molecule has 2 aliphatic rings. The second-order valence-electron chi connectivity index (χ2n) is 4.83. The predicted molar refractivity (Wildman–Crippen MR) is 76.5 cm³/mol. The zero-order valence-electron chi connectivity index (χ0n) is 12.0. The van der Waals surface area contributed by atoms with Gasteiger partial charge in [-0.3, -0.25) is 0 Å². The molecule has 0 saturated carbocycles. The Hall–Kier alpha value is -2.27. The van der Waals surface area contributed by atoms with Crippen molar-refractivity contribution in [2.75, 3.05) is 67.8 Å². The third kappa shape index (κ3) is 3.49. The second kappa shape index (κ2) is 6.66. The van der Waals surface area contributed by atoms with Crippen molar-refractivity contribution < 1.29 is 14.5 Å². The normalized spacial score (nSPS) is 19.1. The number of ether oxygens (including phenoxy) is 2. The maximum atomic E-state index is 10.7. The summed E-state index contributed by atoms with van der Waals surface area (Å²) in [7, 11) is 0. The molecule has 2 saturated heterocycles. The van der Waals surface area contributed by atoms with Gasteiger partial charge in [-0.2, -0.15) is 15.0 Å². The molecule has 0 atom stereocenters. The first-order valence-corrected chi connectivity index (χ1v) is 7.05. The van der Waals surface area contributed by atoms with E-state index in [0.717, 1.165) is 0 Å². The third-order valence-electron chi connectivity index (χ3n) is 3.39. The summed E-state index contributed by atoms with van der Waals surface area (Å²) in [6.07, 6.45) is 0. The van der Waals surface area contributed by atoms with E-state index in [1.54, 1.807) is 0 Å². The minimum atomic E-state index is -0.679. The van der Waals surface area contributed by atoms with Gasteiger partial charge in [0.2, 0.25) is 11.9 Å². The van der Waals surface area contributed by atoms with Crippen molar-refractivity contribution in [1.29, 1.82) is 0 Å². The average molecular weight is 311 g/mol. The molecule has 11 nitrogen and oxygen atoms in total. The largest absolute Gasteiger partial charge is 0.378 e. The first kappa shape index (κ1) is 14.7. The molecule has 3 heterocycles. The fourth-order valence-corrected chi connectivity index (χ4v) is 2.30. The van der Waals surface area contributed by atoms with Gasteiger partial charge in [-0.15, -0.1) is 0 Å². The summed E-state index contributed by atoms with van der Waals surface area (Å²) in [5, 5.41) is 9.99. The zero-order chi connectivity index (χ0) is 15.4. The monoisotopic (exact) mass is 311 g/mol. The predicted octanol–water partition coefficient (Wildman–Crippen LogP) is -0.852. The number of nitrogens with zero attached hydrogens (tertiary/aromatic N) is 6. The Morgan fingerprint density at radius 2 is 1.36 bits per heavy atom. The molecule has 22 heavy (non-hydrogen) atoms. The fourth-order valence-electron chi connectivity index (χ4n) is 2.30. The molecule has 3 rings (SSSR count). The molecular weight excluding hydrogens is 294 g/mol. The van der Waals surface area contributed by atoms with Crippen molar-refractivity contribution in [2.24, 2.45) is 0 Å². The van der Waals surface area contributed by atoms with E-state index in [9.17, 15) is 10.1 Å². The Kier molecular flexibility index (Phi) is 4.44. The highest BCUT2D eigenvalue weighted by Crippen LogP contribution is 2.18. The van der Waals surface area contributed by atoms with Crippen LogP contribution in [0.4, 0.5) is 17.8 Å². The van der Waals surface area contributed by atoms with Crippen LogP contribution in [0.25, 0.3) is 0 Å². The number of hydrazine groups is 1. The lowest BCUT2D eigenvalue weighted by Gasteiger charge is -2.29. The Morgan fingerprint density at radius 1 is 0.909 bits per heavy atom. The van der Waals surface area contributed by atoms with E-state index >= 15 is 0 Å². The fraction of sp³-hybridized carbons (Fsp3) is 0.727. The van der Waals surface area contributed by atoms with E-state index in [0.29, 0.717) is 64.5 Å². The van der Waals surface area contributed by atoms with Crippen molar-refractivity contribution in [1.82, 2.24) is 15.0 Å². The average Bonchev–Trinajstić information content (AvgIpc) is 2.55. The summed E-state index contributed by atoms with van der Waals surface area (Å²) >= 11 is 0. The van der Waals surface area contributed by atoms with Crippen molar-refractivity contribution >= 4 is 17.8 Å². The first-order chi connectivity index (χ1) is 10.7. The molecule has 11 heteroatoms. The number of rotatable bonds is 4. The molecule has 120 valence electrons. The molecule has 0 aromatic carbocycles. The van der Waals surface area contributed by atoms with Gasteiger partial charge in [0, 0.05) is 26.2 Å². The Bertz CT molecular complexity index is 495. The van der Waals surface area contributed by atoms with E-state index in [4.69, 9.17) is 9.47 Å². The van der Waals surface area contributed by atoms with Crippen molar-refractivity contribution in [3.63, 3.8) is 0 Å². The molecule has 0 aliphatic carbocycles. The third-order valence-corrected chi connectivity index (χ3v) is 3.39. The summed E-state index contributed by atoms with van der Waals surface area (Å²) in [6.45, 7) is 4.89. The van der Waals surface area contributed by atoms with Crippen molar-refractivity contribution in [3.8, 4) is 0 Å². The van der Waals surface area contributed by atoms with Gasteiger partial charge in [0.15, 0.2) is 5.03 Å². The van der Waals surface area contributed by atoms with Crippen LogP contribution in [0.15, 0.2) is 0 Å². The molecule has 0 radical (unpaired) electrons. The topological polar surface area (TPSA) is 119 Å². The summed E-state index contributed by atoms with van der Waals surface area (Å²) in [4.78, 5) is 27.2. The number of nitro groups is 1. The molecular formula is C11H17N7O4. The number of hydrogen-bond acceptors (Lipinski definition) is 9. The van der Waals surface area contributed by atoms with Crippen LogP contribution in [-0.2, 0) is 9.47 Å². The van der Waals surface area contributed by atoms with Gasteiger partial charge in [-0.1, -0.05) is 5.43 Å². The Morgan fingerprint density at radius 3 is 1.77 bits per heavy atom. The van der Waals surface area contributed by atoms with E-state index in [2.05, 4.69) is 15.0 Å². The highest BCUT2D eigenvalue weighted by molar-refractivity contribution is 5.45. The van der Waals surface area contributed by atoms with Crippen molar-refractivity contribution in [3.05, 3.63) is 10.1 Å². The molecule has 0 unspecified atom stereocenters. The summed E-state index contributed by atoms with van der Waals surface area (Å²) in [5.74, 6) is 0.774. The van der Waals surface area contributed by atoms with Crippen LogP contribution >= 0.6 is 0 Å². The SMILES string of the molecule is O=[N+]([O-])Nc1nc(N2CCOCC2)nc(N2CCOCC2)n1. The number of nitrogens with one attached hydrogen (secondary N) is 1.